The smallest absolute Gasteiger partial charge is 0.133 e. The molecular weight excluding hydrogens is 224 g/mol. The topological polar surface area (TPSA) is 49.8 Å². The van der Waals surface area contributed by atoms with Gasteiger partial charge in [0.05, 0.1) is 0 Å². The van der Waals surface area contributed by atoms with Gasteiger partial charge in [-0.2, -0.15) is 0 Å². The second kappa shape index (κ2) is 6.57. The van der Waals surface area contributed by atoms with Gasteiger partial charge in [-0.05, 0) is 33.6 Å². The van der Waals surface area contributed by atoms with Crippen LogP contribution in [0.4, 0.5) is 11.6 Å². The van der Waals surface area contributed by atoms with Gasteiger partial charge in [0.25, 0.3) is 0 Å². The maximum Gasteiger partial charge on any atom is 0.133 e. The minimum atomic E-state index is 0.0138. The molecule has 2 N–H and O–H groups in total. The molecule has 0 spiro atoms. The SMILES string of the molecule is CCCNc1cc(NC(C)(C)C)nc(CCC)n1. The summed E-state index contributed by atoms with van der Waals surface area (Å²) in [6.07, 6.45) is 3.07. The van der Waals surface area contributed by atoms with Crippen molar-refractivity contribution in [1.29, 1.82) is 0 Å². The first-order chi connectivity index (χ1) is 8.44. The van der Waals surface area contributed by atoms with Gasteiger partial charge >= 0.3 is 0 Å². The Balaban J connectivity index is 2.90. The highest BCUT2D eigenvalue weighted by atomic mass is 15.1. The molecule has 0 saturated carbocycles. The van der Waals surface area contributed by atoms with Gasteiger partial charge < -0.3 is 10.6 Å². The second-order valence-electron chi connectivity index (χ2n) is 5.61. The van der Waals surface area contributed by atoms with Gasteiger partial charge in [0.15, 0.2) is 0 Å². The second-order valence-corrected chi connectivity index (χ2v) is 5.61. The summed E-state index contributed by atoms with van der Waals surface area (Å²) in [6, 6.07) is 1.99. The summed E-state index contributed by atoms with van der Waals surface area (Å²) in [5.41, 5.74) is 0.0138. The molecule has 0 atom stereocenters. The van der Waals surface area contributed by atoms with E-state index >= 15 is 0 Å². The first-order valence-electron chi connectivity index (χ1n) is 6.84. The normalized spacial score (nSPS) is 11.4. The van der Waals surface area contributed by atoms with Gasteiger partial charge in [-0.25, -0.2) is 9.97 Å². The number of hydrogen-bond donors (Lipinski definition) is 2. The Morgan fingerprint density at radius 3 is 2.28 bits per heavy atom. The highest BCUT2D eigenvalue weighted by Crippen LogP contribution is 2.16. The minimum absolute atomic E-state index is 0.0138. The minimum Gasteiger partial charge on any atom is -0.370 e. The standard InChI is InChI=1S/C14H26N4/c1-6-8-11-16-12(15-9-7-2)10-13(17-11)18-14(3,4)5/h10H,6-9H2,1-5H3,(H2,15,16,17,18). The van der Waals surface area contributed by atoms with E-state index in [1.54, 1.807) is 0 Å². The fourth-order valence-electron chi connectivity index (χ4n) is 1.62. The van der Waals surface area contributed by atoms with Crippen molar-refractivity contribution < 1.29 is 0 Å². The lowest BCUT2D eigenvalue weighted by Crippen LogP contribution is -2.27. The van der Waals surface area contributed by atoms with E-state index in [4.69, 9.17) is 0 Å². The van der Waals surface area contributed by atoms with Crippen LogP contribution < -0.4 is 10.6 Å². The summed E-state index contributed by atoms with van der Waals surface area (Å²) in [7, 11) is 0. The molecule has 18 heavy (non-hydrogen) atoms. The Bertz CT molecular complexity index is 369. The van der Waals surface area contributed by atoms with E-state index in [1.165, 1.54) is 0 Å². The van der Waals surface area contributed by atoms with E-state index in [0.29, 0.717) is 0 Å². The van der Waals surface area contributed by atoms with Gasteiger partial charge in [-0.1, -0.05) is 13.8 Å². The summed E-state index contributed by atoms with van der Waals surface area (Å²) >= 11 is 0. The van der Waals surface area contributed by atoms with Crippen LogP contribution in [0.3, 0.4) is 0 Å². The van der Waals surface area contributed by atoms with Crippen molar-refractivity contribution in [3.63, 3.8) is 0 Å². The van der Waals surface area contributed by atoms with Gasteiger partial charge in [-0.15, -0.1) is 0 Å². The zero-order valence-electron chi connectivity index (χ0n) is 12.3. The molecule has 1 aromatic heterocycles. The van der Waals surface area contributed by atoms with Crippen LogP contribution in [0, 0.1) is 0 Å². The molecule has 0 aromatic carbocycles. The van der Waals surface area contributed by atoms with Crippen LogP contribution in [0.1, 0.15) is 53.3 Å². The molecule has 0 aliphatic carbocycles. The van der Waals surface area contributed by atoms with Crippen molar-refractivity contribution in [2.75, 3.05) is 17.2 Å². The van der Waals surface area contributed by atoms with Gasteiger partial charge in [-0.3, -0.25) is 0 Å². The third-order valence-corrected chi connectivity index (χ3v) is 2.31. The van der Waals surface area contributed by atoms with Gasteiger partial charge in [0, 0.05) is 24.6 Å². The number of aromatic nitrogens is 2. The average Bonchev–Trinajstić information content (AvgIpc) is 2.24. The first-order valence-corrected chi connectivity index (χ1v) is 6.84. The van der Waals surface area contributed by atoms with E-state index in [2.05, 4.69) is 55.2 Å². The predicted octanol–water partition coefficient (Wildman–Crippen LogP) is 3.46. The fraction of sp³-hybridized carbons (Fsp3) is 0.714. The molecule has 4 heteroatoms. The Morgan fingerprint density at radius 2 is 1.72 bits per heavy atom. The molecule has 1 heterocycles. The van der Waals surface area contributed by atoms with Crippen LogP contribution >= 0.6 is 0 Å². The van der Waals surface area contributed by atoms with Crippen molar-refractivity contribution >= 4 is 11.6 Å². The maximum absolute atomic E-state index is 4.55. The summed E-state index contributed by atoms with van der Waals surface area (Å²) in [5.74, 6) is 2.73. The molecule has 0 amide bonds. The molecule has 102 valence electrons. The summed E-state index contributed by atoms with van der Waals surface area (Å²) in [6.45, 7) is 11.6. The lowest BCUT2D eigenvalue weighted by atomic mass is 10.1. The van der Waals surface area contributed by atoms with Crippen LogP contribution in [0.5, 0.6) is 0 Å². The quantitative estimate of drug-likeness (QED) is 0.811. The largest absolute Gasteiger partial charge is 0.370 e. The molecule has 0 fully saturated rings. The van der Waals surface area contributed by atoms with E-state index in [1.807, 2.05) is 6.07 Å². The Hall–Kier alpha value is -1.32. The van der Waals surface area contributed by atoms with E-state index in [-0.39, 0.29) is 5.54 Å². The highest BCUT2D eigenvalue weighted by Gasteiger charge is 2.12. The zero-order valence-corrected chi connectivity index (χ0v) is 12.3. The summed E-state index contributed by atoms with van der Waals surface area (Å²) in [4.78, 5) is 9.08. The average molecular weight is 250 g/mol. The van der Waals surface area contributed by atoms with E-state index in [0.717, 1.165) is 43.3 Å². The number of aryl methyl sites for hydroxylation is 1. The Kier molecular flexibility index (Phi) is 5.38. The van der Waals surface area contributed by atoms with E-state index in [9.17, 15) is 0 Å². The Morgan fingerprint density at radius 1 is 1.06 bits per heavy atom. The van der Waals surface area contributed by atoms with Crippen LogP contribution in [0.15, 0.2) is 6.07 Å². The maximum atomic E-state index is 4.55. The van der Waals surface area contributed by atoms with Crippen molar-refractivity contribution in [1.82, 2.24) is 9.97 Å². The van der Waals surface area contributed by atoms with Crippen LogP contribution in [-0.4, -0.2) is 22.1 Å². The lowest BCUT2D eigenvalue weighted by molar-refractivity contribution is 0.628. The van der Waals surface area contributed by atoms with Crippen molar-refractivity contribution in [3.05, 3.63) is 11.9 Å². The Labute approximate surface area is 111 Å². The van der Waals surface area contributed by atoms with Gasteiger partial charge in [0.2, 0.25) is 0 Å². The van der Waals surface area contributed by atoms with Crippen LogP contribution in [0.2, 0.25) is 0 Å². The van der Waals surface area contributed by atoms with Crippen LogP contribution in [0.25, 0.3) is 0 Å². The molecule has 0 aliphatic heterocycles. The molecule has 0 radical (unpaired) electrons. The fourth-order valence-corrected chi connectivity index (χ4v) is 1.62. The molecule has 0 bridgehead atoms. The van der Waals surface area contributed by atoms with Gasteiger partial charge in [0.1, 0.15) is 17.5 Å². The third kappa shape index (κ3) is 5.34. The lowest BCUT2D eigenvalue weighted by Gasteiger charge is -2.22. The summed E-state index contributed by atoms with van der Waals surface area (Å²) < 4.78 is 0. The van der Waals surface area contributed by atoms with Crippen molar-refractivity contribution in [2.24, 2.45) is 0 Å². The number of hydrogen-bond acceptors (Lipinski definition) is 4. The zero-order chi connectivity index (χ0) is 13.6. The highest BCUT2D eigenvalue weighted by molar-refractivity contribution is 5.48. The number of nitrogens with zero attached hydrogens (tertiary/aromatic N) is 2. The monoisotopic (exact) mass is 250 g/mol. The number of rotatable bonds is 6. The molecular formula is C14H26N4. The number of nitrogens with one attached hydrogen (secondary N) is 2. The van der Waals surface area contributed by atoms with Crippen molar-refractivity contribution in [2.45, 2.75) is 59.4 Å². The molecule has 1 rings (SSSR count). The summed E-state index contributed by atoms with van der Waals surface area (Å²) in [5, 5.41) is 6.73. The van der Waals surface area contributed by atoms with E-state index < -0.39 is 0 Å². The van der Waals surface area contributed by atoms with Crippen molar-refractivity contribution in [3.8, 4) is 0 Å². The predicted molar refractivity (Wildman–Crippen MR) is 78.2 cm³/mol. The first kappa shape index (κ1) is 14.7. The molecule has 0 unspecified atom stereocenters. The third-order valence-electron chi connectivity index (χ3n) is 2.31. The number of anilines is 2. The molecule has 4 nitrogen and oxygen atoms in total. The molecule has 0 aliphatic rings. The molecule has 1 aromatic rings. The van der Waals surface area contributed by atoms with Crippen LogP contribution in [-0.2, 0) is 6.42 Å². The molecule has 0 saturated heterocycles.